The summed E-state index contributed by atoms with van der Waals surface area (Å²) in [7, 11) is 1.46. The first-order valence-electron chi connectivity index (χ1n) is 4.91. The number of hydrogen-bond acceptors (Lipinski definition) is 3. The second-order valence-electron chi connectivity index (χ2n) is 3.22. The average Bonchev–Trinajstić information content (AvgIpc) is 2.29. The minimum Gasteiger partial charge on any atom is -0.497 e. The summed E-state index contributed by atoms with van der Waals surface area (Å²) in [5.41, 5.74) is 0.0855. The van der Waals surface area contributed by atoms with Gasteiger partial charge >= 0.3 is 0 Å². The second-order valence-corrected chi connectivity index (χ2v) is 3.22. The SMILES string of the molecule is COc1ccc(F)c(NC(=O)CCCO)c1. The molecular weight excluding hydrogens is 213 g/mol. The molecule has 0 aliphatic rings. The number of halogens is 1. The molecule has 0 heterocycles. The van der Waals surface area contributed by atoms with Crippen LogP contribution in [0.1, 0.15) is 12.8 Å². The zero-order valence-electron chi connectivity index (χ0n) is 9.00. The predicted molar refractivity (Wildman–Crippen MR) is 57.9 cm³/mol. The lowest BCUT2D eigenvalue weighted by atomic mass is 10.2. The number of carbonyl (C=O) groups excluding carboxylic acids is 1. The van der Waals surface area contributed by atoms with E-state index >= 15 is 0 Å². The van der Waals surface area contributed by atoms with Gasteiger partial charge in [0.05, 0.1) is 12.8 Å². The Hall–Kier alpha value is -1.62. The highest BCUT2D eigenvalue weighted by atomic mass is 19.1. The Balaban J connectivity index is 2.68. The molecule has 16 heavy (non-hydrogen) atoms. The molecule has 1 aromatic rings. The van der Waals surface area contributed by atoms with Crippen LogP contribution >= 0.6 is 0 Å². The molecule has 0 bridgehead atoms. The maximum atomic E-state index is 13.3. The van der Waals surface area contributed by atoms with E-state index < -0.39 is 5.82 Å². The first-order valence-corrected chi connectivity index (χ1v) is 4.91. The topological polar surface area (TPSA) is 58.6 Å². The number of carbonyl (C=O) groups is 1. The number of ether oxygens (including phenoxy) is 1. The van der Waals surface area contributed by atoms with Crippen LogP contribution in [0.3, 0.4) is 0 Å². The molecule has 0 atom stereocenters. The zero-order chi connectivity index (χ0) is 12.0. The van der Waals surface area contributed by atoms with Gasteiger partial charge in [0.1, 0.15) is 11.6 Å². The van der Waals surface area contributed by atoms with E-state index in [-0.39, 0.29) is 24.6 Å². The molecule has 0 aliphatic heterocycles. The third-order valence-corrected chi connectivity index (χ3v) is 2.01. The summed E-state index contributed by atoms with van der Waals surface area (Å²) in [5.74, 6) is -0.377. The van der Waals surface area contributed by atoms with Crippen molar-refractivity contribution < 1.29 is 19.0 Å². The van der Waals surface area contributed by atoms with E-state index in [4.69, 9.17) is 9.84 Å². The van der Waals surface area contributed by atoms with Gasteiger partial charge in [-0.15, -0.1) is 0 Å². The van der Waals surface area contributed by atoms with E-state index in [1.807, 2.05) is 0 Å². The van der Waals surface area contributed by atoms with E-state index in [0.29, 0.717) is 12.2 Å². The average molecular weight is 227 g/mol. The Kier molecular flexibility index (Phi) is 4.72. The highest BCUT2D eigenvalue weighted by molar-refractivity contribution is 5.91. The lowest BCUT2D eigenvalue weighted by molar-refractivity contribution is -0.116. The molecule has 0 saturated carbocycles. The molecule has 0 spiro atoms. The van der Waals surface area contributed by atoms with Crippen molar-refractivity contribution in [3.63, 3.8) is 0 Å². The summed E-state index contributed by atoms with van der Waals surface area (Å²) in [5, 5.41) is 11.0. The van der Waals surface area contributed by atoms with Crippen molar-refractivity contribution in [3.05, 3.63) is 24.0 Å². The number of nitrogens with one attached hydrogen (secondary N) is 1. The number of hydrogen-bond donors (Lipinski definition) is 2. The van der Waals surface area contributed by atoms with Gasteiger partial charge in [0.25, 0.3) is 0 Å². The molecule has 0 aliphatic carbocycles. The van der Waals surface area contributed by atoms with Gasteiger partial charge in [-0.05, 0) is 18.6 Å². The molecule has 88 valence electrons. The third kappa shape index (κ3) is 3.51. The molecule has 0 fully saturated rings. The second kappa shape index (κ2) is 6.07. The Morgan fingerprint density at radius 3 is 2.94 bits per heavy atom. The molecule has 4 nitrogen and oxygen atoms in total. The Morgan fingerprint density at radius 2 is 2.31 bits per heavy atom. The number of aliphatic hydroxyl groups excluding tert-OH is 1. The van der Waals surface area contributed by atoms with Crippen LogP contribution in [0, 0.1) is 5.82 Å². The molecule has 1 rings (SSSR count). The Bertz CT molecular complexity index is 368. The number of rotatable bonds is 5. The minimum absolute atomic E-state index is 0.0615. The van der Waals surface area contributed by atoms with Crippen molar-refractivity contribution in [3.8, 4) is 5.75 Å². The number of methoxy groups -OCH3 is 1. The van der Waals surface area contributed by atoms with E-state index in [1.165, 1.54) is 25.3 Å². The summed E-state index contributed by atoms with van der Waals surface area (Å²) in [6, 6.07) is 4.10. The van der Waals surface area contributed by atoms with E-state index in [2.05, 4.69) is 5.32 Å². The molecule has 0 radical (unpaired) electrons. The Morgan fingerprint density at radius 1 is 1.56 bits per heavy atom. The van der Waals surface area contributed by atoms with Gasteiger partial charge in [-0.1, -0.05) is 0 Å². The van der Waals surface area contributed by atoms with Gasteiger partial charge in [-0.3, -0.25) is 4.79 Å². The first kappa shape index (κ1) is 12.4. The van der Waals surface area contributed by atoms with E-state index in [1.54, 1.807) is 0 Å². The predicted octanol–water partition coefficient (Wildman–Crippen LogP) is 1.55. The highest BCUT2D eigenvalue weighted by Crippen LogP contribution is 2.21. The van der Waals surface area contributed by atoms with Crippen LogP contribution in [-0.4, -0.2) is 24.7 Å². The van der Waals surface area contributed by atoms with Gasteiger partial charge in [-0.25, -0.2) is 4.39 Å². The monoisotopic (exact) mass is 227 g/mol. The highest BCUT2D eigenvalue weighted by Gasteiger charge is 2.07. The fourth-order valence-corrected chi connectivity index (χ4v) is 1.18. The molecular formula is C11H14FNO3. The van der Waals surface area contributed by atoms with Gasteiger partial charge in [-0.2, -0.15) is 0 Å². The van der Waals surface area contributed by atoms with Crippen LogP contribution in [0.25, 0.3) is 0 Å². The van der Waals surface area contributed by atoms with Crippen molar-refractivity contribution in [2.75, 3.05) is 19.0 Å². The smallest absolute Gasteiger partial charge is 0.224 e. The quantitative estimate of drug-likeness (QED) is 0.802. The number of benzene rings is 1. The van der Waals surface area contributed by atoms with Crippen LogP contribution < -0.4 is 10.1 Å². The third-order valence-electron chi connectivity index (χ3n) is 2.01. The Labute approximate surface area is 93.0 Å². The molecule has 0 unspecified atom stereocenters. The fourth-order valence-electron chi connectivity index (χ4n) is 1.18. The molecule has 2 N–H and O–H groups in total. The maximum absolute atomic E-state index is 13.3. The van der Waals surface area contributed by atoms with Crippen molar-refractivity contribution in [2.24, 2.45) is 0 Å². The fraction of sp³-hybridized carbons (Fsp3) is 0.364. The van der Waals surface area contributed by atoms with Crippen molar-refractivity contribution >= 4 is 11.6 Å². The van der Waals surface area contributed by atoms with Gasteiger partial charge in [0.2, 0.25) is 5.91 Å². The largest absolute Gasteiger partial charge is 0.497 e. The van der Waals surface area contributed by atoms with Crippen LogP contribution in [0.5, 0.6) is 5.75 Å². The van der Waals surface area contributed by atoms with Crippen molar-refractivity contribution in [1.82, 2.24) is 0 Å². The van der Waals surface area contributed by atoms with E-state index in [9.17, 15) is 9.18 Å². The number of amides is 1. The maximum Gasteiger partial charge on any atom is 0.224 e. The van der Waals surface area contributed by atoms with E-state index in [0.717, 1.165) is 0 Å². The standard InChI is InChI=1S/C11H14FNO3/c1-16-8-4-5-9(12)10(7-8)13-11(15)3-2-6-14/h4-5,7,14H,2-3,6H2,1H3,(H,13,15). The molecule has 1 aromatic carbocycles. The lowest BCUT2D eigenvalue weighted by Gasteiger charge is -2.07. The van der Waals surface area contributed by atoms with Crippen molar-refractivity contribution in [2.45, 2.75) is 12.8 Å². The van der Waals surface area contributed by atoms with Crippen LogP contribution in [-0.2, 0) is 4.79 Å². The molecule has 0 saturated heterocycles. The van der Waals surface area contributed by atoms with Gasteiger partial charge < -0.3 is 15.2 Å². The molecule has 5 heteroatoms. The summed E-state index contributed by atoms with van der Waals surface area (Å²) in [6.07, 6.45) is 0.518. The van der Waals surface area contributed by atoms with Gasteiger partial charge in [0.15, 0.2) is 0 Å². The summed E-state index contributed by atoms with van der Waals surface area (Å²) >= 11 is 0. The van der Waals surface area contributed by atoms with Crippen LogP contribution in [0.2, 0.25) is 0 Å². The number of aliphatic hydroxyl groups is 1. The summed E-state index contributed by atoms with van der Waals surface area (Å²) in [6.45, 7) is -0.0615. The minimum atomic E-state index is -0.516. The normalized spacial score (nSPS) is 9.94. The number of anilines is 1. The van der Waals surface area contributed by atoms with Crippen LogP contribution in [0.4, 0.5) is 10.1 Å². The molecule has 1 amide bonds. The summed E-state index contributed by atoms with van der Waals surface area (Å²) in [4.78, 5) is 11.3. The first-order chi connectivity index (χ1) is 7.67. The lowest BCUT2D eigenvalue weighted by Crippen LogP contribution is -2.12. The van der Waals surface area contributed by atoms with Crippen molar-refractivity contribution in [1.29, 1.82) is 0 Å². The van der Waals surface area contributed by atoms with Crippen LogP contribution in [0.15, 0.2) is 18.2 Å². The molecule has 0 aromatic heterocycles. The van der Waals surface area contributed by atoms with Gasteiger partial charge in [0, 0.05) is 19.1 Å². The summed E-state index contributed by atoms with van der Waals surface area (Å²) < 4.78 is 18.2. The zero-order valence-corrected chi connectivity index (χ0v) is 9.00.